The number of hydrogen-bond acceptors (Lipinski definition) is 4. The van der Waals surface area contributed by atoms with Gasteiger partial charge in [-0.05, 0) is 25.6 Å². The van der Waals surface area contributed by atoms with E-state index in [0.717, 1.165) is 30.9 Å². The zero-order valence-electron chi connectivity index (χ0n) is 15.0. The Hall–Kier alpha value is -1.94. The highest BCUT2D eigenvalue weighted by Gasteiger charge is 2.79. The van der Waals surface area contributed by atoms with Crippen molar-refractivity contribution in [3.8, 4) is 0 Å². The summed E-state index contributed by atoms with van der Waals surface area (Å²) in [5, 5.41) is 0. The molecule has 1 aromatic rings. The van der Waals surface area contributed by atoms with Crippen molar-refractivity contribution in [1.82, 2.24) is 4.90 Å². The van der Waals surface area contributed by atoms with Crippen LogP contribution in [0.5, 0.6) is 0 Å². The standard InChI is InChI=1S/C20H26N2O2/c1-5-22(6-2)14-20-12-13-21-16(15-10-8-7-9-11-15)17(20)19(20,3)18(23)24-4/h7-13,17H,5-6,14H2,1-4H3/t17-,19+,20+/m0/s1. The summed E-state index contributed by atoms with van der Waals surface area (Å²) in [7, 11) is 1.48. The van der Waals surface area contributed by atoms with Crippen LogP contribution in [0.4, 0.5) is 0 Å². The van der Waals surface area contributed by atoms with E-state index in [1.54, 1.807) is 0 Å². The number of aliphatic imine (C=N–C) groups is 1. The van der Waals surface area contributed by atoms with Crippen LogP contribution in [0, 0.1) is 16.7 Å². The molecule has 0 bridgehead atoms. The van der Waals surface area contributed by atoms with Gasteiger partial charge in [0.1, 0.15) is 0 Å². The number of rotatable bonds is 6. The van der Waals surface area contributed by atoms with Crippen molar-refractivity contribution in [2.24, 2.45) is 21.7 Å². The fourth-order valence-corrected chi connectivity index (χ4v) is 4.33. The average molecular weight is 326 g/mol. The first-order chi connectivity index (χ1) is 11.5. The second kappa shape index (κ2) is 6.17. The Labute approximate surface area is 144 Å². The first kappa shape index (κ1) is 16.9. The van der Waals surface area contributed by atoms with E-state index in [9.17, 15) is 4.79 Å². The Morgan fingerprint density at radius 1 is 1.25 bits per heavy atom. The van der Waals surface area contributed by atoms with Crippen LogP contribution in [0.1, 0.15) is 26.3 Å². The second-order valence-corrected chi connectivity index (χ2v) is 6.82. The van der Waals surface area contributed by atoms with Crippen molar-refractivity contribution in [1.29, 1.82) is 0 Å². The fourth-order valence-electron chi connectivity index (χ4n) is 4.33. The third-order valence-electron chi connectivity index (χ3n) is 5.89. The lowest BCUT2D eigenvalue weighted by Gasteiger charge is -2.27. The Bertz CT molecular complexity index is 678. The number of fused-ring (bicyclic) bond motifs is 1. The molecule has 0 saturated heterocycles. The summed E-state index contributed by atoms with van der Waals surface area (Å²) >= 11 is 0. The molecule has 0 radical (unpaired) electrons. The Balaban J connectivity index is 2.03. The van der Waals surface area contributed by atoms with Gasteiger partial charge in [-0.1, -0.05) is 50.3 Å². The molecule has 1 fully saturated rings. The first-order valence-electron chi connectivity index (χ1n) is 8.66. The number of methoxy groups -OCH3 is 1. The number of carbonyl (C=O) groups is 1. The molecular weight excluding hydrogens is 300 g/mol. The van der Waals surface area contributed by atoms with Gasteiger partial charge in [0, 0.05) is 24.1 Å². The number of benzene rings is 1. The molecule has 0 N–H and O–H groups in total. The van der Waals surface area contributed by atoms with E-state index < -0.39 is 5.41 Å². The largest absolute Gasteiger partial charge is 0.469 e. The smallest absolute Gasteiger partial charge is 0.313 e. The van der Waals surface area contributed by atoms with E-state index in [2.05, 4.69) is 41.9 Å². The highest BCUT2D eigenvalue weighted by Crippen LogP contribution is 2.72. The summed E-state index contributed by atoms with van der Waals surface area (Å²) in [6.07, 6.45) is 4.00. The molecule has 24 heavy (non-hydrogen) atoms. The fraction of sp³-hybridized carbons (Fsp3) is 0.500. The molecule has 3 atom stereocenters. The van der Waals surface area contributed by atoms with E-state index in [0.29, 0.717) is 0 Å². The minimum absolute atomic E-state index is 0.0606. The molecule has 1 aliphatic heterocycles. The summed E-state index contributed by atoms with van der Waals surface area (Å²) in [4.78, 5) is 19.7. The van der Waals surface area contributed by atoms with Crippen LogP contribution in [0.2, 0.25) is 0 Å². The Morgan fingerprint density at radius 3 is 2.50 bits per heavy atom. The van der Waals surface area contributed by atoms with Crippen molar-refractivity contribution in [2.75, 3.05) is 26.7 Å². The van der Waals surface area contributed by atoms with Gasteiger partial charge < -0.3 is 9.64 Å². The number of carbonyl (C=O) groups excluding carboxylic acids is 1. The highest BCUT2D eigenvalue weighted by atomic mass is 16.5. The van der Waals surface area contributed by atoms with E-state index in [1.807, 2.05) is 31.3 Å². The molecule has 0 spiro atoms. The minimum atomic E-state index is -0.563. The number of esters is 1. The average Bonchev–Trinajstić information content (AvgIpc) is 3.19. The lowest BCUT2D eigenvalue weighted by atomic mass is 9.92. The molecular formula is C20H26N2O2. The number of hydrogen-bond donors (Lipinski definition) is 0. The summed E-state index contributed by atoms with van der Waals surface area (Å²) in [5.41, 5.74) is 1.28. The van der Waals surface area contributed by atoms with Crippen LogP contribution in [0.15, 0.2) is 47.6 Å². The van der Waals surface area contributed by atoms with Gasteiger partial charge in [0.15, 0.2) is 0 Å². The zero-order valence-corrected chi connectivity index (χ0v) is 15.0. The van der Waals surface area contributed by atoms with Crippen LogP contribution < -0.4 is 0 Å². The van der Waals surface area contributed by atoms with E-state index in [4.69, 9.17) is 4.74 Å². The van der Waals surface area contributed by atoms with Crippen molar-refractivity contribution in [3.63, 3.8) is 0 Å². The van der Waals surface area contributed by atoms with Crippen molar-refractivity contribution in [2.45, 2.75) is 20.8 Å². The van der Waals surface area contributed by atoms with Gasteiger partial charge in [0.05, 0.1) is 18.2 Å². The molecule has 1 aromatic carbocycles. The normalized spacial score (nSPS) is 30.7. The van der Waals surface area contributed by atoms with Gasteiger partial charge in [-0.2, -0.15) is 0 Å². The maximum absolute atomic E-state index is 12.7. The zero-order chi connectivity index (χ0) is 17.4. The maximum Gasteiger partial charge on any atom is 0.313 e. The molecule has 3 rings (SSSR count). The van der Waals surface area contributed by atoms with Crippen LogP contribution in [-0.4, -0.2) is 43.3 Å². The third-order valence-corrected chi connectivity index (χ3v) is 5.89. The van der Waals surface area contributed by atoms with E-state index in [1.165, 1.54) is 7.11 Å². The van der Waals surface area contributed by atoms with Gasteiger partial charge in [-0.3, -0.25) is 9.79 Å². The summed E-state index contributed by atoms with van der Waals surface area (Å²) < 4.78 is 5.18. The molecule has 0 amide bonds. The molecule has 1 saturated carbocycles. The predicted octanol–water partition coefficient (Wildman–Crippen LogP) is 3.14. The summed E-state index contributed by atoms with van der Waals surface area (Å²) in [5.74, 6) is -0.0831. The van der Waals surface area contributed by atoms with Crippen LogP contribution >= 0.6 is 0 Å². The predicted molar refractivity (Wildman–Crippen MR) is 96.0 cm³/mol. The molecule has 0 aromatic heterocycles. The lowest BCUT2D eigenvalue weighted by molar-refractivity contribution is -0.148. The Morgan fingerprint density at radius 2 is 1.92 bits per heavy atom. The van der Waals surface area contributed by atoms with Crippen LogP contribution in [0.25, 0.3) is 0 Å². The van der Waals surface area contributed by atoms with Gasteiger partial charge in [-0.15, -0.1) is 0 Å². The molecule has 4 heteroatoms. The topological polar surface area (TPSA) is 41.9 Å². The summed E-state index contributed by atoms with van der Waals surface area (Å²) in [6.45, 7) is 9.12. The van der Waals surface area contributed by atoms with Gasteiger partial charge in [-0.25, -0.2) is 0 Å². The van der Waals surface area contributed by atoms with Crippen LogP contribution in [0.3, 0.4) is 0 Å². The monoisotopic (exact) mass is 326 g/mol. The van der Waals surface area contributed by atoms with Crippen molar-refractivity contribution < 1.29 is 9.53 Å². The number of nitrogens with zero attached hydrogens (tertiary/aromatic N) is 2. The lowest BCUT2D eigenvalue weighted by Crippen LogP contribution is -2.34. The SMILES string of the molecule is CCN(CC)C[C@]12C=CN=C(c3ccccc3)[C@H]1[C@]2(C)C(=O)OC. The highest BCUT2D eigenvalue weighted by molar-refractivity contribution is 6.10. The van der Waals surface area contributed by atoms with Crippen molar-refractivity contribution in [3.05, 3.63) is 48.2 Å². The van der Waals surface area contributed by atoms with E-state index >= 15 is 0 Å². The third kappa shape index (κ3) is 2.24. The van der Waals surface area contributed by atoms with Gasteiger partial charge >= 0.3 is 5.97 Å². The van der Waals surface area contributed by atoms with Crippen molar-refractivity contribution >= 4 is 11.7 Å². The maximum atomic E-state index is 12.7. The van der Waals surface area contributed by atoms with Gasteiger partial charge in [0.25, 0.3) is 0 Å². The summed E-state index contributed by atoms with van der Waals surface area (Å²) in [6, 6.07) is 10.2. The Kier molecular flexibility index (Phi) is 4.35. The number of ether oxygens (including phenoxy) is 1. The minimum Gasteiger partial charge on any atom is -0.469 e. The van der Waals surface area contributed by atoms with Crippen LogP contribution in [-0.2, 0) is 9.53 Å². The molecule has 1 heterocycles. The van der Waals surface area contributed by atoms with E-state index in [-0.39, 0.29) is 17.3 Å². The molecule has 0 unspecified atom stereocenters. The molecule has 128 valence electrons. The first-order valence-corrected chi connectivity index (χ1v) is 8.66. The molecule has 4 nitrogen and oxygen atoms in total. The second-order valence-electron chi connectivity index (χ2n) is 6.82. The molecule has 2 aliphatic rings. The van der Waals surface area contributed by atoms with Gasteiger partial charge in [0.2, 0.25) is 0 Å². The quantitative estimate of drug-likeness (QED) is 0.754. The molecule has 1 aliphatic carbocycles.